The van der Waals surface area contributed by atoms with Crippen molar-refractivity contribution < 1.29 is 52.5 Å². The van der Waals surface area contributed by atoms with Crippen molar-refractivity contribution in [2.45, 2.75) is 119 Å². The zero-order chi connectivity index (χ0) is 47.8. The molecule has 4 amide bonds. The lowest BCUT2D eigenvalue weighted by molar-refractivity contribution is -0.193. The van der Waals surface area contributed by atoms with E-state index in [1.165, 1.54) is 41.3 Å². The number of fused-ring (bicyclic) bond motifs is 2. The van der Waals surface area contributed by atoms with Gasteiger partial charge in [0, 0.05) is 61.1 Å². The lowest BCUT2D eigenvalue weighted by Gasteiger charge is -2.55. The molecule has 0 spiro atoms. The van der Waals surface area contributed by atoms with E-state index in [-0.39, 0.29) is 65.2 Å². The van der Waals surface area contributed by atoms with Crippen LogP contribution in [0.1, 0.15) is 111 Å². The third-order valence-corrected chi connectivity index (χ3v) is 15.1. The highest BCUT2D eigenvalue weighted by molar-refractivity contribution is 8.00. The van der Waals surface area contributed by atoms with Gasteiger partial charge in [-0.15, -0.1) is 23.1 Å². The monoisotopic (exact) mass is 986 g/mol. The second-order valence-corrected chi connectivity index (χ2v) is 19.8. The smallest absolute Gasteiger partial charge is 0.404 e. The van der Waals surface area contributed by atoms with Crippen LogP contribution < -0.4 is 26.7 Å². The summed E-state index contributed by atoms with van der Waals surface area (Å²) in [6, 6.07) is 4.48. The van der Waals surface area contributed by atoms with Gasteiger partial charge in [-0.25, -0.2) is 18.8 Å². The van der Waals surface area contributed by atoms with Crippen molar-refractivity contribution in [1.82, 2.24) is 20.1 Å². The summed E-state index contributed by atoms with van der Waals surface area (Å²) in [5.41, 5.74) is 3.08. The van der Waals surface area contributed by atoms with Gasteiger partial charge in [0.2, 0.25) is 17.2 Å². The van der Waals surface area contributed by atoms with E-state index < -0.39 is 57.8 Å². The van der Waals surface area contributed by atoms with Crippen LogP contribution in [-0.4, -0.2) is 107 Å². The molecule has 0 bridgehead atoms. The van der Waals surface area contributed by atoms with Crippen LogP contribution in [0.2, 0.25) is 5.02 Å². The van der Waals surface area contributed by atoms with Crippen LogP contribution in [0.4, 0.5) is 14.9 Å². The van der Waals surface area contributed by atoms with Gasteiger partial charge in [-0.05, 0) is 62.5 Å². The van der Waals surface area contributed by atoms with Gasteiger partial charge < -0.3 is 45.2 Å². The summed E-state index contributed by atoms with van der Waals surface area (Å²) in [5, 5.41) is 16.6. The molecule has 5 heterocycles. The Labute approximate surface area is 399 Å². The third-order valence-electron chi connectivity index (χ3n) is 12.5. The number of benzene rings is 1. The molecule has 0 unspecified atom stereocenters. The summed E-state index contributed by atoms with van der Waals surface area (Å²) >= 11 is 9.56. The minimum absolute atomic E-state index is 0.0209. The molecule has 3 aromatic rings. The van der Waals surface area contributed by atoms with E-state index in [9.17, 15) is 38.7 Å². The van der Waals surface area contributed by atoms with E-state index in [1.54, 1.807) is 4.57 Å². The number of carboxylic acid groups (broad SMARTS) is 1. The molecule has 4 aliphatic rings. The molecule has 7 rings (SSSR count). The van der Waals surface area contributed by atoms with Crippen LogP contribution in [0.25, 0.3) is 10.9 Å². The summed E-state index contributed by atoms with van der Waals surface area (Å²) in [6.07, 6.45) is 11.4. The molecule has 3 atom stereocenters. The number of primary amides is 1. The number of amides is 4. The first-order valence-corrected chi connectivity index (χ1v) is 25.0. The second kappa shape index (κ2) is 22.3. The van der Waals surface area contributed by atoms with Gasteiger partial charge in [0.1, 0.15) is 29.1 Å². The first-order valence-electron chi connectivity index (χ1n) is 22.7. The Morgan fingerprint density at radius 2 is 1.73 bits per heavy atom. The molecule has 21 heteroatoms. The van der Waals surface area contributed by atoms with Crippen molar-refractivity contribution in [3.05, 3.63) is 72.5 Å². The van der Waals surface area contributed by atoms with Crippen molar-refractivity contribution >= 4 is 87.0 Å². The van der Waals surface area contributed by atoms with E-state index in [4.69, 9.17) is 31.5 Å². The summed E-state index contributed by atoms with van der Waals surface area (Å²) in [4.78, 5) is 93.2. The van der Waals surface area contributed by atoms with Crippen molar-refractivity contribution in [3.63, 3.8) is 0 Å². The maximum absolute atomic E-state index is 15.8. The van der Waals surface area contributed by atoms with Crippen molar-refractivity contribution in [3.8, 4) is 0 Å². The predicted octanol–water partition coefficient (Wildman–Crippen LogP) is 6.38. The number of methoxy groups -OCH3 is 1. The summed E-state index contributed by atoms with van der Waals surface area (Å²) in [7, 11) is 1.32. The quantitative estimate of drug-likeness (QED) is 0.0371. The number of rotatable bonds is 22. The van der Waals surface area contributed by atoms with E-state index in [2.05, 4.69) is 10.6 Å². The highest BCUT2D eigenvalue weighted by atomic mass is 35.5. The minimum atomic E-state index is -1.69. The molecule has 1 saturated carbocycles. The van der Waals surface area contributed by atoms with Gasteiger partial charge >= 0.3 is 18.0 Å². The number of aromatic nitrogens is 1. The fraction of sp³-hybridized carbons (Fsp3) is 0.543. The lowest BCUT2D eigenvalue weighted by atomic mass is 9.98. The normalized spacial score (nSPS) is 20.5. The van der Waals surface area contributed by atoms with Gasteiger partial charge in [0.05, 0.1) is 34.6 Å². The number of nitrogens with zero attached hydrogens (tertiary/aromatic N) is 3. The van der Waals surface area contributed by atoms with Crippen LogP contribution >= 0.6 is 34.7 Å². The number of hydrogen-bond donors (Lipinski definition) is 4. The number of thioether (sulfide) groups is 1. The van der Waals surface area contributed by atoms with Gasteiger partial charge in [-0.3, -0.25) is 24.1 Å². The van der Waals surface area contributed by atoms with Gasteiger partial charge in [0.25, 0.3) is 11.6 Å². The standard InChI is InChI=1S/C46H56ClFN6O11S2/c1-63-46(51-35(56)21-30-14-12-20-66-30)43(61)54-37(27(25-65-45(49)62)26-67-44(46)54)42(60)64-19-11-7-5-3-2-4-6-8-15-34(55)50-28-13-9-10-18-52(23-28)39-33(48)22-31-38(36(39)47)53(29-16-17-29)24-32(40(31)57)41(58)59/h12,14,20,22,24,28-29,44H,2-11,13,15-19,21,23,25-26H2,1H3,(H2,49,62)(H,50,55)(H,51,56)(H,58,59)/t28-,44+,46-/m0/s1. The molecule has 0 radical (unpaired) electrons. The number of anilines is 1. The summed E-state index contributed by atoms with van der Waals surface area (Å²) in [5.74, 6) is -3.77. The maximum atomic E-state index is 15.8. The number of pyridine rings is 1. The molecule has 2 saturated heterocycles. The molecule has 17 nitrogen and oxygen atoms in total. The Morgan fingerprint density at radius 3 is 2.40 bits per heavy atom. The SMILES string of the molecule is CO[C@@]1(NC(=O)Cc2cccs2)C(=O)N2C(C(=O)OCCCCCCCCCCC(=O)N[C@H]3CCCCN(c4c(F)cc5c(=O)c(C(=O)O)cn(C6CC6)c5c4Cl)C3)=C(COC(N)=O)CS[C@@H]21. The van der Waals surface area contributed by atoms with Gasteiger partial charge in [0.15, 0.2) is 0 Å². The Hall–Kier alpha value is -5.18. The molecule has 1 aliphatic carbocycles. The van der Waals surface area contributed by atoms with E-state index >= 15 is 4.39 Å². The zero-order valence-corrected chi connectivity index (χ0v) is 39.7. The number of carbonyl (C=O) groups excluding carboxylic acids is 5. The Bertz CT molecular complexity index is 2470. The van der Waals surface area contributed by atoms with Crippen LogP contribution in [0, 0.1) is 5.82 Å². The fourth-order valence-corrected chi connectivity index (χ4v) is 11.5. The van der Waals surface area contributed by atoms with Crippen LogP contribution in [0.15, 0.2) is 45.8 Å². The van der Waals surface area contributed by atoms with Gasteiger partial charge in [-0.2, -0.15) is 0 Å². The number of esters is 1. The fourth-order valence-electron chi connectivity index (χ4n) is 8.98. The lowest BCUT2D eigenvalue weighted by Crippen LogP contribution is -2.80. The Morgan fingerprint density at radius 1 is 1.00 bits per heavy atom. The third kappa shape index (κ3) is 11.4. The highest BCUT2D eigenvalue weighted by Gasteiger charge is 2.66. The first-order chi connectivity index (χ1) is 32.2. The maximum Gasteiger partial charge on any atom is 0.404 e. The number of aromatic carboxylic acids is 1. The number of β-lactam (4-membered cyclic amide) rings is 1. The second-order valence-electron chi connectivity index (χ2n) is 17.3. The minimum Gasteiger partial charge on any atom is -0.477 e. The van der Waals surface area contributed by atoms with E-state index in [0.717, 1.165) is 81.6 Å². The zero-order valence-electron chi connectivity index (χ0n) is 37.3. The molecular weight excluding hydrogens is 931 g/mol. The first kappa shape index (κ1) is 49.7. The molecule has 3 aliphatic heterocycles. The average molecular weight is 988 g/mol. The van der Waals surface area contributed by atoms with Crippen molar-refractivity contribution in [2.75, 3.05) is 44.1 Å². The molecule has 67 heavy (non-hydrogen) atoms. The summed E-state index contributed by atoms with van der Waals surface area (Å²) in [6.45, 7) is 0.640. The van der Waals surface area contributed by atoms with Crippen LogP contribution in [0.3, 0.4) is 0 Å². The molecule has 3 fully saturated rings. The number of thiophene rings is 1. The number of unbranched alkanes of at least 4 members (excludes halogenated alkanes) is 7. The average Bonchev–Trinajstić information content (AvgIpc) is 4.06. The number of nitrogens with two attached hydrogens (primary N) is 1. The van der Waals surface area contributed by atoms with Crippen LogP contribution in [-0.2, 0) is 39.8 Å². The highest BCUT2D eigenvalue weighted by Crippen LogP contribution is 2.47. The molecule has 5 N–H and O–H groups in total. The molecule has 362 valence electrons. The number of carbonyl (C=O) groups is 6. The van der Waals surface area contributed by atoms with Crippen LogP contribution in [0.5, 0.6) is 0 Å². The number of carboxylic acids is 1. The molecule has 1 aromatic carbocycles. The number of nitrogens with one attached hydrogen (secondary N) is 2. The van der Waals surface area contributed by atoms with E-state index in [1.807, 2.05) is 22.4 Å². The number of ether oxygens (including phenoxy) is 3. The predicted molar refractivity (Wildman–Crippen MR) is 250 cm³/mol. The topological polar surface area (TPSA) is 229 Å². The largest absolute Gasteiger partial charge is 0.477 e. The van der Waals surface area contributed by atoms with Gasteiger partial charge in [-0.1, -0.05) is 56.2 Å². The Balaban J connectivity index is 0.813. The summed E-state index contributed by atoms with van der Waals surface area (Å²) < 4.78 is 33.7. The van der Waals surface area contributed by atoms with Crippen molar-refractivity contribution in [1.29, 1.82) is 0 Å². The molecular formula is C46H56ClFN6O11S2. The molecule has 2 aromatic heterocycles. The van der Waals surface area contributed by atoms with Crippen molar-refractivity contribution in [2.24, 2.45) is 5.73 Å². The number of halogens is 2. The number of hydrogen-bond acceptors (Lipinski definition) is 13. The van der Waals surface area contributed by atoms with E-state index in [0.29, 0.717) is 43.4 Å². The Kier molecular flexibility index (Phi) is 16.5.